The lowest BCUT2D eigenvalue weighted by atomic mass is 10.0. The first-order valence-electron chi connectivity index (χ1n) is 11.0. The number of rotatable bonds is 9. The molecule has 0 saturated carbocycles. The SMILES string of the molecule is CC[C@H](CO)n1c(C(F)F)nc2cc(C(=O)Nc3ccc(OC(F)(F)Cl)cc3)cc(-c3cncnc3)c21. The highest BCUT2D eigenvalue weighted by atomic mass is 35.5. The molecule has 0 aliphatic rings. The summed E-state index contributed by atoms with van der Waals surface area (Å²) in [6, 6.07) is 7.21. The van der Waals surface area contributed by atoms with E-state index in [1.165, 1.54) is 59.7 Å². The second-order valence-electron chi connectivity index (χ2n) is 7.93. The first kappa shape index (κ1) is 26.3. The fourth-order valence-corrected chi connectivity index (χ4v) is 3.99. The topological polar surface area (TPSA) is 102 Å². The second-order valence-corrected chi connectivity index (χ2v) is 8.37. The van der Waals surface area contributed by atoms with E-state index in [4.69, 9.17) is 11.6 Å². The molecule has 0 saturated heterocycles. The number of alkyl halides is 5. The molecule has 0 aliphatic carbocycles. The van der Waals surface area contributed by atoms with Crippen LogP contribution in [0.5, 0.6) is 5.75 Å². The number of fused-ring (bicyclic) bond motifs is 1. The minimum Gasteiger partial charge on any atom is -0.420 e. The van der Waals surface area contributed by atoms with Crippen LogP contribution in [0.4, 0.5) is 23.2 Å². The zero-order valence-electron chi connectivity index (χ0n) is 19.2. The van der Waals surface area contributed by atoms with Crippen molar-refractivity contribution in [3.8, 4) is 16.9 Å². The average Bonchev–Trinajstić information content (AvgIpc) is 3.25. The van der Waals surface area contributed by atoms with Crippen molar-refractivity contribution >= 4 is 34.2 Å². The molecule has 2 aromatic carbocycles. The van der Waals surface area contributed by atoms with Gasteiger partial charge in [-0.1, -0.05) is 6.92 Å². The maximum Gasteiger partial charge on any atom is 0.487 e. The van der Waals surface area contributed by atoms with Crippen molar-refractivity contribution in [1.82, 2.24) is 19.5 Å². The predicted octanol–water partition coefficient (Wildman–Crippen LogP) is 5.79. The Morgan fingerprint density at radius 3 is 2.43 bits per heavy atom. The number of imidazole rings is 1. The largest absolute Gasteiger partial charge is 0.487 e. The molecule has 4 rings (SSSR count). The van der Waals surface area contributed by atoms with Crippen molar-refractivity contribution in [2.24, 2.45) is 0 Å². The van der Waals surface area contributed by atoms with Gasteiger partial charge in [-0.3, -0.25) is 4.79 Å². The Hall–Kier alpha value is -3.77. The number of aliphatic hydroxyl groups is 1. The number of nitrogens with one attached hydrogen (secondary N) is 1. The number of hydrogen-bond acceptors (Lipinski definition) is 6. The number of nitrogens with zero attached hydrogens (tertiary/aromatic N) is 4. The average molecular weight is 538 g/mol. The zero-order chi connectivity index (χ0) is 26.7. The molecule has 0 radical (unpaired) electrons. The molecule has 2 heterocycles. The number of ether oxygens (including phenoxy) is 1. The Morgan fingerprint density at radius 1 is 1.19 bits per heavy atom. The lowest BCUT2D eigenvalue weighted by molar-refractivity contribution is -0.0964. The summed E-state index contributed by atoms with van der Waals surface area (Å²) < 4.78 is 59.1. The molecule has 4 aromatic rings. The summed E-state index contributed by atoms with van der Waals surface area (Å²) in [4.78, 5) is 25.2. The number of amides is 1. The first-order valence-corrected chi connectivity index (χ1v) is 11.4. The van der Waals surface area contributed by atoms with E-state index in [0.29, 0.717) is 23.1 Å². The summed E-state index contributed by atoms with van der Waals surface area (Å²) in [5.74, 6) is -1.37. The van der Waals surface area contributed by atoms with Crippen LogP contribution in [0, 0.1) is 0 Å². The van der Waals surface area contributed by atoms with Gasteiger partial charge in [-0.15, -0.1) is 8.78 Å². The van der Waals surface area contributed by atoms with Crippen LogP contribution in [0.25, 0.3) is 22.2 Å². The molecule has 13 heteroatoms. The Labute approximate surface area is 212 Å². The van der Waals surface area contributed by atoms with Gasteiger partial charge in [0.15, 0.2) is 5.82 Å². The number of aromatic nitrogens is 4. The van der Waals surface area contributed by atoms with E-state index in [1.807, 2.05) is 0 Å². The monoisotopic (exact) mass is 537 g/mol. The normalized spacial score (nSPS) is 12.6. The van der Waals surface area contributed by atoms with Gasteiger partial charge in [-0.05, 0) is 42.8 Å². The number of halogens is 5. The maximum absolute atomic E-state index is 14.0. The van der Waals surface area contributed by atoms with Crippen molar-refractivity contribution in [2.45, 2.75) is 31.4 Å². The van der Waals surface area contributed by atoms with Gasteiger partial charge in [0, 0.05) is 46.4 Å². The van der Waals surface area contributed by atoms with E-state index in [0.717, 1.165) is 0 Å². The fourth-order valence-electron chi connectivity index (χ4n) is 3.90. The van der Waals surface area contributed by atoms with Gasteiger partial charge < -0.3 is 19.7 Å². The number of carbonyl (C=O) groups excluding carboxylic acids is 1. The van der Waals surface area contributed by atoms with Gasteiger partial charge in [-0.25, -0.2) is 23.7 Å². The van der Waals surface area contributed by atoms with Crippen molar-refractivity contribution in [3.05, 3.63) is 66.5 Å². The van der Waals surface area contributed by atoms with Gasteiger partial charge in [0.2, 0.25) is 0 Å². The van der Waals surface area contributed by atoms with E-state index in [9.17, 15) is 27.5 Å². The fraction of sp³-hybridized carbons (Fsp3) is 0.250. The molecule has 8 nitrogen and oxygen atoms in total. The van der Waals surface area contributed by atoms with Gasteiger partial charge in [0.05, 0.1) is 23.7 Å². The third-order valence-electron chi connectivity index (χ3n) is 5.53. The minimum absolute atomic E-state index is 0.0847. The predicted molar refractivity (Wildman–Crippen MR) is 128 cm³/mol. The molecule has 1 amide bonds. The standard InChI is InChI=1S/C24H20ClF4N5O3/c1-2-16(11-35)34-20-18(14-9-30-12-31-10-14)7-13(8-19(20)33-22(34)21(26)27)23(36)32-15-3-5-17(6-4-15)37-24(25,28)29/h3-10,12,16,21,35H,2,11H2,1H3,(H,32,36)/t16-/m1/s1. The van der Waals surface area contributed by atoms with Crippen LogP contribution < -0.4 is 10.1 Å². The highest BCUT2D eigenvalue weighted by Gasteiger charge is 2.28. The molecule has 0 aliphatic heterocycles. The number of aliphatic hydroxyl groups excluding tert-OH is 1. The smallest absolute Gasteiger partial charge is 0.420 e. The van der Waals surface area contributed by atoms with Crippen LogP contribution in [0.1, 0.15) is 42.0 Å². The van der Waals surface area contributed by atoms with E-state index < -0.39 is 36.4 Å². The molecule has 0 spiro atoms. The van der Waals surface area contributed by atoms with Crippen molar-refractivity contribution in [3.63, 3.8) is 0 Å². The lowest BCUT2D eigenvalue weighted by Gasteiger charge is -2.19. The summed E-state index contributed by atoms with van der Waals surface area (Å²) in [5.41, 5.74) is -2.33. The Morgan fingerprint density at radius 2 is 1.86 bits per heavy atom. The molecule has 0 bridgehead atoms. The summed E-state index contributed by atoms with van der Waals surface area (Å²) in [5, 5.41) is 12.5. The van der Waals surface area contributed by atoms with Gasteiger partial charge in [-0.2, -0.15) is 0 Å². The lowest BCUT2D eigenvalue weighted by Crippen LogP contribution is -2.16. The first-order chi connectivity index (χ1) is 17.6. The van der Waals surface area contributed by atoms with Crippen LogP contribution in [0.2, 0.25) is 0 Å². The van der Waals surface area contributed by atoms with Gasteiger partial charge in [0.25, 0.3) is 12.3 Å². The molecule has 37 heavy (non-hydrogen) atoms. The van der Waals surface area contributed by atoms with Crippen molar-refractivity contribution < 1.29 is 32.2 Å². The van der Waals surface area contributed by atoms with E-state index >= 15 is 0 Å². The van der Waals surface area contributed by atoms with E-state index in [-0.39, 0.29) is 22.5 Å². The number of carbonyl (C=O) groups is 1. The maximum atomic E-state index is 14.0. The van der Waals surface area contributed by atoms with Crippen molar-refractivity contribution in [1.29, 1.82) is 0 Å². The summed E-state index contributed by atoms with van der Waals surface area (Å²) in [6.45, 7) is 1.35. The Kier molecular flexibility index (Phi) is 7.60. The Balaban J connectivity index is 1.79. The van der Waals surface area contributed by atoms with Gasteiger partial charge in [0.1, 0.15) is 12.1 Å². The van der Waals surface area contributed by atoms with Crippen LogP contribution in [-0.2, 0) is 0 Å². The van der Waals surface area contributed by atoms with Crippen LogP contribution in [0.15, 0.2) is 55.1 Å². The molecular formula is C24H20ClF4N5O3. The summed E-state index contributed by atoms with van der Waals surface area (Å²) in [7, 11) is 0. The Bertz CT molecular complexity index is 1390. The summed E-state index contributed by atoms with van der Waals surface area (Å²) in [6.07, 6.45) is 1.65. The van der Waals surface area contributed by atoms with Crippen molar-refractivity contribution in [2.75, 3.05) is 11.9 Å². The summed E-state index contributed by atoms with van der Waals surface area (Å²) >= 11 is 4.75. The molecule has 194 valence electrons. The molecule has 0 fully saturated rings. The number of benzene rings is 2. The molecular weight excluding hydrogens is 518 g/mol. The highest BCUT2D eigenvalue weighted by molar-refractivity contribution is 6.20. The van der Waals surface area contributed by atoms with Crippen LogP contribution in [-0.4, -0.2) is 42.7 Å². The van der Waals surface area contributed by atoms with Crippen LogP contribution in [0.3, 0.4) is 0 Å². The molecule has 2 aromatic heterocycles. The zero-order valence-corrected chi connectivity index (χ0v) is 20.0. The molecule has 1 atom stereocenters. The van der Waals surface area contributed by atoms with E-state index in [2.05, 4.69) is 25.0 Å². The molecule has 2 N–H and O–H groups in total. The third kappa shape index (κ3) is 5.81. The highest BCUT2D eigenvalue weighted by Crippen LogP contribution is 2.36. The third-order valence-corrected chi connectivity index (χ3v) is 5.61. The quantitative estimate of drug-likeness (QED) is 0.207. The van der Waals surface area contributed by atoms with E-state index in [1.54, 1.807) is 6.92 Å². The molecule has 0 unspecified atom stereocenters. The van der Waals surface area contributed by atoms with Crippen LogP contribution >= 0.6 is 11.6 Å². The number of hydrogen-bond donors (Lipinski definition) is 2. The minimum atomic E-state index is -3.88. The second kappa shape index (κ2) is 10.7. The van der Waals surface area contributed by atoms with Gasteiger partial charge >= 0.3 is 5.57 Å². The number of anilines is 1.